The van der Waals surface area contributed by atoms with Gasteiger partial charge in [-0.25, -0.2) is 9.48 Å². The number of nitrogens with zero attached hydrogens (tertiary/aromatic N) is 4. The van der Waals surface area contributed by atoms with E-state index in [0.717, 1.165) is 0 Å². The van der Waals surface area contributed by atoms with Gasteiger partial charge in [0.1, 0.15) is 11.3 Å². The minimum atomic E-state index is -1.27. The summed E-state index contributed by atoms with van der Waals surface area (Å²) in [6.07, 6.45) is 1.68. The summed E-state index contributed by atoms with van der Waals surface area (Å²) in [5, 5.41) is 28.3. The van der Waals surface area contributed by atoms with Crippen molar-refractivity contribution in [2.45, 2.75) is 33.5 Å². The van der Waals surface area contributed by atoms with E-state index in [1.165, 1.54) is 39.1 Å². The van der Waals surface area contributed by atoms with Gasteiger partial charge >= 0.3 is 5.97 Å². The molecule has 0 aliphatic rings. The molecule has 2 N–H and O–H groups in total. The first-order valence-electron chi connectivity index (χ1n) is 10.8. The number of hydrogen-bond donors (Lipinski definition) is 2. The maximum Gasteiger partial charge on any atom is 0.339 e. The summed E-state index contributed by atoms with van der Waals surface area (Å²) in [7, 11) is 0. The van der Waals surface area contributed by atoms with E-state index in [9.17, 15) is 15.0 Å². The Labute approximate surface area is 202 Å². The maximum atomic E-state index is 11.4. The van der Waals surface area contributed by atoms with Gasteiger partial charge in [-0.2, -0.15) is 0 Å². The Kier molecular flexibility index (Phi) is 6.95. The van der Waals surface area contributed by atoms with E-state index in [1.54, 1.807) is 6.20 Å². The lowest BCUT2D eigenvalue weighted by Crippen LogP contribution is -2.22. The van der Waals surface area contributed by atoms with Crippen LogP contribution in [-0.4, -0.2) is 36.1 Å². The van der Waals surface area contributed by atoms with Gasteiger partial charge in [-0.1, -0.05) is 76.5 Å². The molecule has 4 rings (SSSR count). The molecule has 0 aliphatic heterocycles. The molecular formula is C26H25ClN4O3. The lowest BCUT2D eigenvalue weighted by atomic mass is 10.1. The van der Waals surface area contributed by atoms with Crippen molar-refractivity contribution in [2.75, 3.05) is 0 Å². The van der Waals surface area contributed by atoms with E-state index in [1.807, 2.05) is 12.1 Å². The number of aromatic hydroxyl groups is 1. The smallest absolute Gasteiger partial charge is 0.339 e. The monoisotopic (exact) mass is 476 g/mol. The van der Waals surface area contributed by atoms with Crippen molar-refractivity contribution in [3.63, 3.8) is 0 Å². The molecule has 1 aromatic heterocycles. The molecule has 0 saturated heterocycles. The van der Waals surface area contributed by atoms with Gasteiger partial charge in [-0.05, 0) is 37.1 Å². The van der Waals surface area contributed by atoms with Gasteiger partial charge in [0.05, 0.1) is 11.9 Å². The Balaban J connectivity index is 1.61. The SMILES string of the molecule is Cc1cccc(CN(Cc2cccc(C)c2)Cc2cn(-c3cc(Cl)cc(C(=O)O)c3O)nn2)c1. The van der Waals surface area contributed by atoms with Crippen molar-refractivity contribution in [1.29, 1.82) is 0 Å². The number of carbonyl (C=O) groups is 1. The number of aromatic carboxylic acids is 1. The number of carboxylic acid groups (broad SMARTS) is 1. The van der Waals surface area contributed by atoms with Crippen molar-refractivity contribution >= 4 is 17.6 Å². The van der Waals surface area contributed by atoms with Crippen molar-refractivity contribution < 1.29 is 15.0 Å². The normalized spacial score (nSPS) is 11.2. The van der Waals surface area contributed by atoms with Crippen molar-refractivity contribution in [3.05, 3.63) is 105 Å². The Morgan fingerprint density at radius 1 is 0.971 bits per heavy atom. The van der Waals surface area contributed by atoms with Crippen LogP contribution >= 0.6 is 11.6 Å². The molecule has 174 valence electrons. The Morgan fingerprint density at radius 2 is 1.59 bits per heavy atom. The second-order valence-electron chi connectivity index (χ2n) is 8.40. The number of aromatic nitrogens is 3. The number of halogens is 1. The van der Waals surface area contributed by atoms with Crippen LogP contribution in [0.1, 0.15) is 38.3 Å². The highest BCUT2D eigenvalue weighted by atomic mass is 35.5. The van der Waals surface area contributed by atoms with Gasteiger partial charge in [-0.3, -0.25) is 4.90 Å². The molecule has 0 bridgehead atoms. The van der Waals surface area contributed by atoms with Crippen LogP contribution in [0.3, 0.4) is 0 Å². The number of carboxylic acids is 1. The van der Waals surface area contributed by atoms with Gasteiger partial charge in [0, 0.05) is 24.7 Å². The molecule has 8 heteroatoms. The maximum absolute atomic E-state index is 11.4. The summed E-state index contributed by atoms with van der Waals surface area (Å²) in [5.41, 5.74) is 5.33. The number of phenols is 1. The quantitative estimate of drug-likeness (QED) is 0.365. The molecule has 0 aliphatic carbocycles. The van der Waals surface area contributed by atoms with E-state index in [-0.39, 0.29) is 16.3 Å². The molecule has 1 heterocycles. The van der Waals surface area contributed by atoms with Crippen LogP contribution in [0.5, 0.6) is 5.75 Å². The van der Waals surface area contributed by atoms with Crippen LogP contribution in [0.15, 0.2) is 66.9 Å². The van der Waals surface area contributed by atoms with Crippen molar-refractivity contribution in [1.82, 2.24) is 19.9 Å². The predicted octanol–water partition coefficient (Wildman–Crippen LogP) is 5.14. The Bertz CT molecular complexity index is 1290. The molecule has 4 aromatic rings. The van der Waals surface area contributed by atoms with Gasteiger partial charge in [-0.15, -0.1) is 5.10 Å². The fourth-order valence-electron chi connectivity index (χ4n) is 3.95. The third kappa shape index (κ3) is 5.62. The van der Waals surface area contributed by atoms with Gasteiger partial charge in [0.15, 0.2) is 5.75 Å². The molecular weight excluding hydrogens is 452 g/mol. The first-order valence-corrected chi connectivity index (χ1v) is 11.2. The second-order valence-corrected chi connectivity index (χ2v) is 8.84. The topological polar surface area (TPSA) is 91.5 Å². The van der Waals surface area contributed by atoms with Crippen LogP contribution in [-0.2, 0) is 19.6 Å². The molecule has 0 spiro atoms. The van der Waals surface area contributed by atoms with Crippen molar-refractivity contribution in [2.24, 2.45) is 0 Å². The van der Waals surface area contributed by atoms with Crippen LogP contribution in [0.4, 0.5) is 0 Å². The van der Waals surface area contributed by atoms with E-state index in [4.69, 9.17) is 11.6 Å². The fourth-order valence-corrected chi connectivity index (χ4v) is 4.16. The summed E-state index contributed by atoms with van der Waals surface area (Å²) < 4.78 is 1.35. The van der Waals surface area contributed by atoms with Gasteiger partial charge in [0.2, 0.25) is 0 Å². The number of benzene rings is 3. The summed E-state index contributed by atoms with van der Waals surface area (Å²) in [4.78, 5) is 13.7. The highest BCUT2D eigenvalue weighted by molar-refractivity contribution is 6.31. The third-order valence-corrected chi connectivity index (χ3v) is 5.65. The predicted molar refractivity (Wildman–Crippen MR) is 130 cm³/mol. The number of aryl methyl sites for hydroxylation is 2. The largest absolute Gasteiger partial charge is 0.505 e. The number of hydrogen-bond acceptors (Lipinski definition) is 5. The van der Waals surface area contributed by atoms with Crippen molar-refractivity contribution in [3.8, 4) is 11.4 Å². The lowest BCUT2D eigenvalue weighted by Gasteiger charge is -2.22. The van der Waals surface area contributed by atoms with Crippen LogP contribution in [0, 0.1) is 13.8 Å². The van der Waals surface area contributed by atoms with Crippen LogP contribution in [0.25, 0.3) is 5.69 Å². The molecule has 3 aromatic carbocycles. The summed E-state index contributed by atoms with van der Waals surface area (Å²) >= 11 is 6.07. The zero-order valence-corrected chi connectivity index (χ0v) is 19.7. The minimum absolute atomic E-state index is 0.160. The Hall–Kier alpha value is -3.68. The molecule has 0 fully saturated rings. The van der Waals surface area contributed by atoms with E-state index in [0.29, 0.717) is 25.3 Å². The summed E-state index contributed by atoms with van der Waals surface area (Å²) in [6, 6.07) is 19.4. The first-order chi connectivity index (χ1) is 16.3. The second kappa shape index (κ2) is 10.1. The molecule has 34 heavy (non-hydrogen) atoms. The highest BCUT2D eigenvalue weighted by Gasteiger charge is 2.18. The molecule has 0 radical (unpaired) electrons. The van der Waals surface area contributed by atoms with Gasteiger partial charge < -0.3 is 10.2 Å². The zero-order chi connectivity index (χ0) is 24.2. The average molecular weight is 477 g/mol. The summed E-state index contributed by atoms with van der Waals surface area (Å²) in [5.74, 6) is -1.69. The highest BCUT2D eigenvalue weighted by Crippen LogP contribution is 2.30. The zero-order valence-electron chi connectivity index (χ0n) is 18.9. The van der Waals surface area contributed by atoms with E-state index >= 15 is 0 Å². The summed E-state index contributed by atoms with van der Waals surface area (Å²) in [6.45, 7) is 6.09. The standard InChI is InChI=1S/C26H25ClN4O3/c1-17-5-3-7-19(9-17)13-30(14-20-8-4-6-18(2)10-20)15-22-16-31(29-28-22)24-12-21(27)11-23(25(24)32)26(33)34/h3-12,16,32H,13-15H2,1-2H3,(H,33,34). The fraction of sp³-hybridized carbons (Fsp3) is 0.192. The van der Waals surface area contributed by atoms with Crippen LogP contribution in [0.2, 0.25) is 5.02 Å². The van der Waals surface area contributed by atoms with E-state index in [2.05, 4.69) is 65.5 Å². The minimum Gasteiger partial charge on any atom is -0.505 e. The number of rotatable bonds is 8. The van der Waals surface area contributed by atoms with Gasteiger partial charge in [0.25, 0.3) is 0 Å². The molecule has 0 unspecified atom stereocenters. The average Bonchev–Trinajstić information content (AvgIpc) is 3.23. The molecule has 0 atom stereocenters. The lowest BCUT2D eigenvalue weighted by molar-refractivity contribution is 0.0693. The Morgan fingerprint density at radius 3 is 2.15 bits per heavy atom. The molecule has 0 amide bonds. The molecule has 0 saturated carbocycles. The van der Waals surface area contributed by atoms with E-state index < -0.39 is 11.7 Å². The van der Waals surface area contributed by atoms with Crippen LogP contribution < -0.4 is 0 Å². The molecule has 7 nitrogen and oxygen atoms in total. The third-order valence-electron chi connectivity index (χ3n) is 5.44. The first kappa shape index (κ1) is 23.5.